The first-order valence-electron chi connectivity index (χ1n) is 33.0. The van der Waals surface area contributed by atoms with Crippen molar-refractivity contribution in [3.63, 3.8) is 0 Å². The lowest BCUT2D eigenvalue weighted by Gasteiger charge is -2.20. The minimum atomic E-state index is -1.52. The van der Waals surface area contributed by atoms with E-state index in [9.17, 15) is 10.0 Å². The van der Waals surface area contributed by atoms with Crippen molar-refractivity contribution in [1.82, 2.24) is 18.8 Å². The second kappa shape index (κ2) is 24.3. The first-order valence-corrected chi connectivity index (χ1v) is 33.8. The lowest BCUT2D eigenvalue weighted by atomic mass is 9.76. The van der Waals surface area contributed by atoms with Gasteiger partial charge in [-0.1, -0.05) is 289 Å². The second-order valence-corrected chi connectivity index (χ2v) is 25.9. The number of hydrogen-bond donors (Lipinski definition) is 2. The van der Waals surface area contributed by atoms with Crippen molar-refractivity contribution in [2.75, 3.05) is 0 Å². The number of hydrogen-bond acceptors (Lipinski definition) is 4. The smallest absolute Gasteiger partial charge is 0.423 e. The number of benzene rings is 14. The van der Waals surface area contributed by atoms with Gasteiger partial charge in [-0.05, 0) is 191 Å². The zero-order valence-electron chi connectivity index (χ0n) is 53.0. The van der Waals surface area contributed by atoms with Gasteiger partial charge in [0.1, 0.15) is 11.3 Å². The van der Waals surface area contributed by atoms with Gasteiger partial charge < -0.3 is 18.8 Å². The molecule has 20 rings (SSSR count). The van der Waals surface area contributed by atoms with E-state index in [1.54, 1.807) is 0 Å². The molecular weight excluding hydrogens is 1260 g/mol. The molecule has 0 amide bonds. The van der Waals surface area contributed by atoms with E-state index < -0.39 is 7.12 Å². The van der Waals surface area contributed by atoms with Gasteiger partial charge in [0.25, 0.3) is 0 Å². The van der Waals surface area contributed by atoms with Crippen LogP contribution < -0.4 is 5.46 Å². The molecule has 4 aromatic heterocycles. The maximum absolute atomic E-state index is 10.1. The van der Waals surface area contributed by atoms with Crippen LogP contribution in [-0.4, -0.2) is 35.9 Å². The van der Waals surface area contributed by atoms with Crippen molar-refractivity contribution in [3.8, 4) is 123 Å². The molecule has 0 saturated heterocycles. The summed E-state index contributed by atoms with van der Waals surface area (Å²) in [6.07, 6.45) is 8.20. The molecule has 460 valence electrons. The summed E-state index contributed by atoms with van der Waals surface area (Å²) in [5.74, 6) is 0. The van der Waals surface area contributed by atoms with Crippen LogP contribution in [0.1, 0.15) is 0 Å². The van der Waals surface area contributed by atoms with Gasteiger partial charge in [-0.3, -0.25) is 0 Å². The monoisotopic (exact) mass is 1320 g/mol. The Balaban J connectivity index is 0.000000119. The molecule has 0 fully saturated rings. The van der Waals surface area contributed by atoms with E-state index in [-0.39, 0.29) is 0 Å². The van der Waals surface area contributed by atoms with E-state index in [1.807, 2.05) is 89.7 Å². The molecule has 14 aromatic carbocycles. The lowest BCUT2D eigenvalue weighted by molar-refractivity contribution is 0.426. The Bertz CT molecular complexity index is 5920. The van der Waals surface area contributed by atoms with E-state index in [1.165, 1.54) is 121 Å². The molecule has 0 aliphatic heterocycles. The number of fused-ring (bicyclic) bond motifs is 10. The van der Waals surface area contributed by atoms with Crippen LogP contribution in [0.5, 0.6) is 0 Å². The molecule has 0 spiro atoms. The van der Waals surface area contributed by atoms with Crippen LogP contribution in [0.15, 0.2) is 345 Å². The molecule has 0 bridgehead atoms. The fourth-order valence-electron chi connectivity index (χ4n) is 15.4. The highest BCUT2D eigenvalue weighted by molar-refractivity contribution is 9.10. The van der Waals surface area contributed by atoms with Crippen molar-refractivity contribution < 1.29 is 10.0 Å². The van der Waals surface area contributed by atoms with Crippen LogP contribution in [0.25, 0.3) is 177 Å². The average molecular weight is 1320 g/mol. The number of aromatic nitrogens is 4. The predicted octanol–water partition coefficient (Wildman–Crippen LogP) is 22.4. The largest absolute Gasteiger partial charge is 0.489 e. The molecule has 0 atom stereocenters. The summed E-state index contributed by atoms with van der Waals surface area (Å²) < 4.78 is 5.18. The van der Waals surface area contributed by atoms with Crippen LogP contribution >= 0.6 is 15.9 Å². The molecule has 2 N–H and O–H groups in total. The van der Waals surface area contributed by atoms with Gasteiger partial charge in [0.2, 0.25) is 0 Å². The van der Waals surface area contributed by atoms with Crippen LogP contribution in [0.3, 0.4) is 0 Å². The predicted molar refractivity (Wildman–Crippen MR) is 411 cm³/mol. The van der Waals surface area contributed by atoms with Crippen molar-refractivity contribution in [1.29, 1.82) is 0 Å². The van der Waals surface area contributed by atoms with Crippen LogP contribution in [0.4, 0.5) is 0 Å². The zero-order valence-corrected chi connectivity index (χ0v) is 54.6. The number of nitrogens with zero attached hydrogens (tertiary/aromatic N) is 4. The Morgan fingerprint density at radius 1 is 0.265 bits per heavy atom. The third-order valence-electron chi connectivity index (χ3n) is 19.5. The maximum atomic E-state index is 10.1. The molecule has 4 heterocycles. The molecule has 18 aromatic rings. The first-order chi connectivity index (χ1) is 48.4. The summed E-state index contributed by atoms with van der Waals surface area (Å²) in [4.78, 5) is 9.48. The summed E-state index contributed by atoms with van der Waals surface area (Å²) in [6, 6.07) is 111. The van der Waals surface area contributed by atoms with Gasteiger partial charge in [-0.25, -0.2) is 9.97 Å². The minimum absolute atomic E-state index is 0.533. The van der Waals surface area contributed by atoms with Crippen molar-refractivity contribution in [2.45, 2.75) is 0 Å². The quantitative estimate of drug-likeness (QED) is 0.149. The molecule has 6 nitrogen and oxygen atoms in total. The van der Waals surface area contributed by atoms with Gasteiger partial charge in [-0.2, -0.15) is 0 Å². The van der Waals surface area contributed by atoms with Gasteiger partial charge in [-0.15, -0.1) is 0 Å². The van der Waals surface area contributed by atoms with E-state index >= 15 is 0 Å². The minimum Gasteiger partial charge on any atom is -0.423 e. The summed E-state index contributed by atoms with van der Waals surface area (Å²) in [6.45, 7) is 0. The fourth-order valence-corrected chi connectivity index (χ4v) is 15.8. The van der Waals surface area contributed by atoms with Gasteiger partial charge >= 0.3 is 7.12 Å². The lowest BCUT2D eigenvalue weighted by Crippen LogP contribution is -2.30. The van der Waals surface area contributed by atoms with Crippen LogP contribution in [0, 0.1) is 0 Å². The Labute approximate surface area is 575 Å². The first kappa shape index (κ1) is 58.5. The summed E-state index contributed by atoms with van der Waals surface area (Å²) in [7, 11) is -1.52. The maximum Gasteiger partial charge on any atom is 0.489 e. The Morgan fingerprint density at radius 2 is 0.602 bits per heavy atom. The van der Waals surface area contributed by atoms with Crippen molar-refractivity contribution in [2.24, 2.45) is 0 Å². The molecule has 0 radical (unpaired) electrons. The van der Waals surface area contributed by atoms with Crippen molar-refractivity contribution >= 4 is 82.9 Å². The highest BCUT2D eigenvalue weighted by Gasteiger charge is 2.34. The molecular formula is C90H58BBrN4O2. The van der Waals surface area contributed by atoms with Gasteiger partial charge in [0.15, 0.2) is 0 Å². The third-order valence-corrected chi connectivity index (χ3v) is 20.0. The average Bonchev–Trinajstić information content (AvgIpc) is 1.53. The Hall–Kier alpha value is -12.0. The number of imidazole rings is 2. The Kier molecular flexibility index (Phi) is 14.5. The SMILES string of the molecule is Brc1cccc(-c2cn3ccccc3n2)c1.OB(O)c1ccc2c3c(cccc13)-c1c-2c(-c2ccccc2)c2ccccc2c1-c1ccccc1.c1ccc(-c2c3c(c(-c4ccccc4)c4ccccc24)-c2ccc(-c4cccc(-c5cn6ccccc6n5)c4)c4cccc-3c24)cc1. The fraction of sp³-hybridized carbons (Fsp3) is 0. The van der Waals surface area contributed by atoms with Crippen molar-refractivity contribution in [3.05, 3.63) is 345 Å². The third kappa shape index (κ3) is 9.87. The van der Waals surface area contributed by atoms with Gasteiger partial charge in [0.05, 0.1) is 11.4 Å². The number of halogens is 1. The van der Waals surface area contributed by atoms with E-state index in [0.717, 1.165) is 60.2 Å². The summed E-state index contributed by atoms with van der Waals surface area (Å²) in [5.41, 5.74) is 28.9. The Morgan fingerprint density at radius 3 is 1.04 bits per heavy atom. The highest BCUT2D eigenvalue weighted by atomic mass is 79.9. The number of pyridine rings is 2. The molecule has 0 unspecified atom stereocenters. The topological polar surface area (TPSA) is 75.1 Å². The molecule has 2 aliphatic carbocycles. The highest BCUT2D eigenvalue weighted by Crippen LogP contribution is 2.60. The van der Waals surface area contributed by atoms with E-state index in [0.29, 0.717) is 5.46 Å². The second-order valence-electron chi connectivity index (χ2n) is 25.0. The molecule has 2 aliphatic rings. The molecule has 8 heteroatoms. The van der Waals surface area contributed by atoms with E-state index in [2.05, 4.69) is 280 Å². The summed E-state index contributed by atoms with van der Waals surface area (Å²) in [5, 5.41) is 29.8. The standard InChI is InChI=1S/C45H28N2.C32H21BO2.C13H9BrN2/c1-3-13-29(14-4-1)41-35-19-7-8-20-36(35)42(30-15-5-2-6-16-30)45-38-25-24-33(34-21-12-22-37(43(34)38)44(41)45)31-17-11-18-32(27-31)39-28-47-26-10-9-23-40(47)46-39;34-33(35)27-19-18-26-30-24(27)16-9-17-25(30)31-28(20-10-3-1-4-11-20)22-14-7-8-15-23(22)29(32(26)31)21-12-5-2-6-13-21;14-11-5-3-4-10(8-11)12-9-16-7-2-1-6-13(16)15-12/h1-28H;1-19,34-35H;1-9H. The summed E-state index contributed by atoms with van der Waals surface area (Å²) >= 11 is 3.47. The normalized spacial score (nSPS) is 11.6. The van der Waals surface area contributed by atoms with Crippen LogP contribution in [-0.2, 0) is 0 Å². The molecule has 0 saturated carbocycles. The van der Waals surface area contributed by atoms with Crippen LogP contribution in [0.2, 0.25) is 0 Å². The zero-order chi connectivity index (χ0) is 65.4. The number of rotatable bonds is 8. The van der Waals surface area contributed by atoms with E-state index in [4.69, 9.17) is 4.98 Å². The van der Waals surface area contributed by atoms with Gasteiger partial charge in [0, 0.05) is 40.4 Å². The molecule has 98 heavy (non-hydrogen) atoms.